The summed E-state index contributed by atoms with van der Waals surface area (Å²) in [7, 11) is -0.607. The number of nitrogens with two attached hydrogens (primary N) is 1. The van der Waals surface area contributed by atoms with E-state index in [2.05, 4.69) is 0 Å². The second kappa shape index (κ2) is 5.90. The van der Waals surface area contributed by atoms with Crippen LogP contribution in [0.1, 0.15) is 6.42 Å². The number of nitrogens with zero attached hydrogens (tertiary/aromatic N) is 2. The maximum Gasteiger partial charge on any atom is 0.243 e. The normalized spacial score (nSPS) is 17.6. The zero-order valence-electron chi connectivity index (χ0n) is 12.1. The van der Waals surface area contributed by atoms with Crippen LogP contribution >= 0.6 is 0 Å². The first-order valence-electron chi connectivity index (χ1n) is 6.54. The number of hydrogen-bond acceptors (Lipinski definition) is 5. The Hall–Kier alpha value is -1.80. The Kier molecular flexibility index (Phi) is 4.38. The van der Waals surface area contributed by atoms with Gasteiger partial charge in [0.05, 0.1) is 24.2 Å². The molecule has 1 fully saturated rings. The highest BCUT2D eigenvalue weighted by molar-refractivity contribution is 7.89. The first-order valence-corrected chi connectivity index (χ1v) is 7.98. The van der Waals surface area contributed by atoms with E-state index in [0.717, 1.165) is 0 Å². The second-order valence-corrected chi connectivity index (χ2v) is 6.85. The summed E-state index contributed by atoms with van der Waals surface area (Å²) in [6.45, 7) is 0.713. The summed E-state index contributed by atoms with van der Waals surface area (Å²) in [5.74, 6) is 0.207. The van der Waals surface area contributed by atoms with Crippen molar-refractivity contribution >= 4 is 21.6 Å². The molecule has 0 radical (unpaired) electrons. The van der Waals surface area contributed by atoms with Crippen LogP contribution in [-0.2, 0) is 14.8 Å². The molecule has 116 valence electrons. The average molecular weight is 313 g/mol. The minimum atomic E-state index is -3.74. The van der Waals surface area contributed by atoms with E-state index in [9.17, 15) is 13.2 Å². The SMILES string of the molecule is COc1ccc(S(=O)(=O)N2CCCN(C)C(=O)C2)cc1N. The number of nitrogen functional groups attached to an aromatic ring is 1. The van der Waals surface area contributed by atoms with Crippen LogP contribution in [0.3, 0.4) is 0 Å². The fourth-order valence-electron chi connectivity index (χ4n) is 2.19. The number of amides is 1. The van der Waals surface area contributed by atoms with E-state index in [4.69, 9.17) is 10.5 Å². The van der Waals surface area contributed by atoms with E-state index in [-0.39, 0.29) is 23.0 Å². The van der Waals surface area contributed by atoms with Crippen LogP contribution in [0.25, 0.3) is 0 Å². The van der Waals surface area contributed by atoms with Gasteiger partial charge in [0.2, 0.25) is 15.9 Å². The van der Waals surface area contributed by atoms with E-state index >= 15 is 0 Å². The average Bonchev–Trinajstić information content (AvgIpc) is 2.61. The maximum absolute atomic E-state index is 12.6. The largest absolute Gasteiger partial charge is 0.495 e. The van der Waals surface area contributed by atoms with E-state index < -0.39 is 10.0 Å². The van der Waals surface area contributed by atoms with Crippen molar-refractivity contribution in [3.8, 4) is 5.75 Å². The van der Waals surface area contributed by atoms with Gasteiger partial charge in [-0.15, -0.1) is 0 Å². The molecule has 0 unspecified atom stereocenters. The van der Waals surface area contributed by atoms with Crippen molar-refractivity contribution in [1.82, 2.24) is 9.21 Å². The van der Waals surface area contributed by atoms with Gasteiger partial charge in [0.25, 0.3) is 0 Å². The van der Waals surface area contributed by atoms with Gasteiger partial charge in [-0.1, -0.05) is 0 Å². The van der Waals surface area contributed by atoms with Gasteiger partial charge in [0.15, 0.2) is 0 Å². The van der Waals surface area contributed by atoms with Crippen LogP contribution in [0, 0.1) is 0 Å². The smallest absolute Gasteiger partial charge is 0.243 e. The number of benzene rings is 1. The van der Waals surface area contributed by atoms with Gasteiger partial charge in [-0.05, 0) is 24.6 Å². The molecule has 0 aromatic heterocycles. The number of rotatable bonds is 3. The Balaban J connectivity index is 2.33. The van der Waals surface area contributed by atoms with Gasteiger partial charge in [-0.25, -0.2) is 8.42 Å². The molecule has 7 nitrogen and oxygen atoms in total. The molecule has 2 rings (SSSR count). The fraction of sp³-hybridized carbons (Fsp3) is 0.462. The number of methoxy groups -OCH3 is 1. The van der Waals surface area contributed by atoms with Gasteiger partial charge < -0.3 is 15.4 Å². The van der Waals surface area contributed by atoms with Crippen LogP contribution in [0.5, 0.6) is 5.75 Å². The first-order chi connectivity index (χ1) is 9.86. The third kappa shape index (κ3) is 3.11. The zero-order valence-corrected chi connectivity index (χ0v) is 12.9. The molecule has 0 aliphatic carbocycles. The van der Waals surface area contributed by atoms with Crippen molar-refractivity contribution in [3.05, 3.63) is 18.2 Å². The summed E-state index contributed by atoms with van der Waals surface area (Å²) in [4.78, 5) is 13.5. The third-order valence-corrected chi connectivity index (χ3v) is 5.32. The molecule has 1 aliphatic heterocycles. The van der Waals surface area contributed by atoms with Gasteiger partial charge in [-0.3, -0.25) is 4.79 Å². The molecule has 21 heavy (non-hydrogen) atoms. The monoisotopic (exact) mass is 313 g/mol. The Morgan fingerprint density at radius 2 is 2.00 bits per heavy atom. The van der Waals surface area contributed by atoms with Crippen molar-refractivity contribution in [2.24, 2.45) is 0 Å². The summed E-state index contributed by atoms with van der Waals surface area (Å²) in [6.07, 6.45) is 0.604. The zero-order chi connectivity index (χ0) is 15.6. The van der Waals surface area contributed by atoms with Crippen molar-refractivity contribution in [3.63, 3.8) is 0 Å². The van der Waals surface area contributed by atoms with Crippen LogP contribution in [0.2, 0.25) is 0 Å². The molecular formula is C13H19N3O4S. The molecule has 1 saturated heterocycles. The molecule has 2 N–H and O–H groups in total. The molecule has 0 spiro atoms. The summed E-state index contributed by atoms with van der Waals surface area (Å²) in [5, 5.41) is 0. The maximum atomic E-state index is 12.6. The molecule has 1 aromatic rings. The number of carbonyl (C=O) groups excluding carboxylic acids is 1. The molecular weight excluding hydrogens is 294 g/mol. The quantitative estimate of drug-likeness (QED) is 0.801. The van der Waals surface area contributed by atoms with Gasteiger partial charge in [0.1, 0.15) is 5.75 Å². The first kappa shape index (κ1) is 15.6. The summed E-state index contributed by atoms with van der Waals surface area (Å²) < 4.78 is 31.4. The molecule has 1 aromatic carbocycles. The lowest BCUT2D eigenvalue weighted by atomic mass is 10.3. The highest BCUT2D eigenvalue weighted by atomic mass is 32.2. The minimum absolute atomic E-state index is 0.0677. The minimum Gasteiger partial charge on any atom is -0.495 e. The van der Waals surface area contributed by atoms with Crippen LogP contribution < -0.4 is 10.5 Å². The Morgan fingerprint density at radius 3 is 2.62 bits per heavy atom. The third-order valence-electron chi connectivity index (χ3n) is 3.48. The van der Waals surface area contributed by atoms with Gasteiger partial charge in [-0.2, -0.15) is 4.31 Å². The summed E-state index contributed by atoms with van der Waals surface area (Å²) in [5.41, 5.74) is 6.00. The molecule has 8 heteroatoms. The molecule has 0 saturated carbocycles. The topological polar surface area (TPSA) is 92.9 Å². The Morgan fingerprint density at radius 1 is 1.29 bits per heavy atom. The van der Waals surface area contributed by atoms with Crippen LogP contribution in [-0.4, -0.2) is 57.3 Å². The molecule has 1 heterocycles. The number of anilines is 1. The van der Waals surface area contributed by atoms with E-state index in [1.807, 2.05) is 0 Å². The molecule has 0 bridgehead atoms. The number of hydrogen-bond donors (Lipinski definition) is 1. The highest BCUT2D eigenvalue weighted by Crippen LogP contribution is 2.26. The van der Waals surface area contributed by atoms with Gasteiger partial charge in [0, 0.05) is 20.1 Å². The van der Waals surface area contributed by atoms with Gasteiger partial charge >= 0.3 is 0 Å². The predicted octanol–water partition coefficient (Wildman–Crippen LogP) is 0.130. The highest BCUT2D eigenvalue weighted by Gasteiger charge is 2.30. The summed E-state index contributed by atoms with van der Waals surface area (Å²) in [6, 6.07) is 4.30. The fourth-order valence-corrected chi connectivity index (χ4v) is 3.65. The van der Waals surface area contributed by atoms with E-state index in [1.165, 1.54) is 34.5 Å². The number of sulfonamides is 1. The van der Waals surface area contributed by atoms with Crippen molar-refractivity contribution in [2.45, 2.75) is 11.3 Å². The Bertz CT molecular complexity index is 645. The predicted molar refractivity (Wildman–Crippen MR) is 78.4 cm³/mol. The number of carbonyl (C=O) groups is 1. The van der Waals surface area contributed by atoms with Crippen LogP contribution in [0.4, 0.5) is 5.69 Å². The number of ether oxygens (including phenoxy) is 1. The van der Waals surface area contributed by atoms with Crippen LogP contribution in [0.15, 0.2) is 23.1 Å². The lowest BCUT2D eigenvalue weighted by Gasteiger charge is -2.20. The summed E-state index contributed by atoms with van der Waals surface area (Å²) >= 11 is 0. The Labute approximate surface area is 124 Å². The second-order valence-electron chi connectivity index (χ2n) is 4.91. The lowest BCUT2D eigenvalue weighted by molar-refractivity contribution is -0.129. The number of likely N-dealkylation sites (N-methyl/N-ethyl adjacent to an activating group) is 1. The molecule has 1 amide bonds. The standard InChI is InChI=1S/C13H19N3O4S/c1-15-6-3-7-16(9-13(15)17)21(18,19)10-4-5-12(20-2)11(14)8-10/h4-5,8H,3,6-7,9,14H2,1-2H3. The van der Waals surface area contributed by atoms with Crippen molar-refractivity contribution in [2.75, 3.05) is 39.5 Å². The molecule has 0 atom stereocenters. The van der Waals surface area contributed by atoms with Crippen molar-refractivity contribution < 1.29 is 17.9 Å². The molecule has 1 aliphatic rings. The van der Waals surface area contributed by atoms with E-state index in [1.54, 1.807) is 7.05 Å². The van der Waals surface area contributed by atoms with Crippen molar-refractivity contribution in [1.29, 1.82) is 0 Å². The van der Waals surface area contributed by atoms with E-state index in [0.29, 0.717) is 25.3 Å². The lowest BCUT2D eigenvalue weighted by Crippen LogP contribution is -2.38.